The molecule has 1 unspecified atom stereocenters. The lowest BCUT2D eigenvalue weighted by molar-refractivity contribution is -0.127. The highest BCUT2D eigenvalue weighted by molar-refractivity contribution is 5.85. The van der Waals surface area contributed by atoms with Gasteiger partial charge in [-0.15, -0.1) is 12.4 Å². The molecule has 3 rings (SSSR count). The zero-order chi connectivity index (χ0) is 11.1. The van der Waals surface area contributed by atoms with Crippen molar-refractivity contribution >= 4 is 18.3 Å². The van der Waals surface area contributed by atoms with E-state index in [4.69, 9.17) is 0 Å². The van der Waals surface area contributed by atoms with Crippen LogP contribution in [0.4, 0.5) is 0 Å². The zero-order valence-corrected chi connectivity index (χ0v) is 11.3. The van der Waals surface area contributed by atoms with E-state index in [0.29, 0.717) is 17.9 Å². The fraction of sp³-hybridized carbons (Fsp3) is 0.923. The lowest BCUT2D eigenvalue weighted by Gasteiger charge is -2.32. The third-order valence-electron chi connectivity index (χ3n) is 4.50. The molecule has 1 amide bonds. The second-order valence-corrected chi connectivity index (χ2v) is 5.92. The quantitative estimate of drug-likeness (QED) is 0.786. The van der Waals surface area contributed by atoms with Gasteiger partial charge < -0.3 is 10.6 Å². The summed E-state index contributed by atoms with van der Waals surface area (Å²) in [6, 6.07) is 0.517. The lowest BCUT2D eigenvalue weighted by Crippen LogP contribution is -2.51. The molecule has 1 saturated heterocycles. The predicted octanol–water partition coefficient (Wildman–Crippen LogP) is 1.57. The largest absolute Gasteiger partial charge is 0.353 e. The normalized spacial score (nSPS) is 26.0. The Labute approximate surface area is 110 Å². The molecule has 3 fully saturated rings. The third kappa shape index (κ3) is 2.94. The average Bonchev–Trinajstić information content (AvgIpc) is 3.01. The molecule has 98 valence electrons. The van der Waals surface area contributed by atoms with Crippen LogP contribution in [0.1, 0.15) is 32.6 Å². The molecule has 2 saturated carbocycles. The Kier molecular flexibility index (Phi) is 3.99. The highest BCUT2D eigenvalue weighted by atomic mass is 35.5. The van der Waals surface area contributed by atoms with Crippen molar-refractivity contribution in [3.05, 3.63) is 0 Å². The number of carbonyl (C=O) groups excluding carboxylic acids is 1. The van der Waals surface area contributed by atoms with Crippen LogP contribution in [0.3, 0.4) is 0 Å². The van der Waals surface area contributed by atoms with Crippen LogP contribution in [0.15, 0.2) is 0 Å². The summed E-state index contributed by atoms with van der Waals surface area (Å²) in [6.45, 7) is 4.12. The molecule has 2 N–H and O–H groups in total. The minimum absolute atomic E-state index is 0. The van der Waals surface area contributed by atoms with Crippen molar-refractivity contribution in [2.45, 2.75) is 38.6 Å². The first-order valence-corrected chi connectivity index (χ1v) is 6.77. The van der Waals surface area contributed by atoms with Gasteiger partial charge in [0.1, 0.15) is 0 Å². The number of rotatable bonds is 5. The van der Waals surface area contributed by atoms with Gasteiger partial charge in [-0.2, -0.15) is 0 Å². The van der Waals surface area contributed by atoms with Crippen molar-refractivity contribution in [3.8, 4) is 0 Å². The Morgan fingerprint density at radius 3 is 2.00 bits per heavy atom. The van der Waals surface area contributed by atoms with E-state index in [9.17, 15) is 4.79 Å². The Hall–Kier alpha value is -0.280. The lowest BCUT2D eigenvalue weighted by atomic mass is 9.88. The number of hydrogen-bond donors (Lipinski definition) is 2. The van der Waals surface area contributed by atoms with E-state index in [1.54, 1.807) is 0 Å². The van der Waals surface area contributed by atoms with Gasteiger partial charge in [0, 0.05) is 12.0 Å². The molecule has 4 heteroatoms. The zero-order valence-electron chi connectivity index (χ0n) is 10.4. The first-order chi connectivity index (χ1) is 7.75. The molecule has 3 nitrogen and oxygen atoms in total. The first kappa shape index (κ1) is 13.2. The molecule has 0 bridgehead atoms. The molecule has 1 aliphatic heterocycles. The smallest absolute Gasteiger partial charge is 0.223 e. The number of nitrogens with one attached hydrogen (secondary N) is 2. The summed E-state index contributed by atoms with van der Waals surface area (Å²) in [6.07, 6.45) is 5.34. The molecule has 0 aromatic heterocycles. The van der Waals surface area contributed by atoms with Crippen molar-refractivity contribution in [1.29, 1.82) is 0 Å². The van der Waals surface area contributed by atoms with Crippen LogP contribution >= 0.6 is 12.4 Å². The van der Waals surface area contributed by atoms with Crippen molar-refractivity contribution < 1.29 is 4.79 Å². The summed E-state index contributed by atoms with van der Waals surface area (Å²) >= 11 is 0. The highest BCUT2D eigenvalue weighted by Gasteiger charge is 2.43. The van der Waals surface area contributed by atoms with Gasteiger partial charge in [0.25, 0.3) is 0 Å². The van der Waals surface area contributed by atoms with Crippen LogP contribution in [0.2, 0.25) is 0 Å². The van der Waals surface area contributed by atoms with Gasteiger partial charge in [-0.05, 0) is 56.5 Å². The number of hydrogen-bond acceptors (Lipinski definition) is 2. The average molecular weight is 259 g/mol. The van der Waals surface area contributed by atoms with E-state index in [1.807, 2.05) is 0 Å². The third-order valence-corrected chi connectivity index (χ3v) is 4.50. The van der Waals surface area contributed by atoms with Crippen LogP contribution in [0, 0.1) is 23.7 Å². The summed E-state index contributed by atoms with van der Waals surface area (Å²) in [4.78, 5) is 12.1. The summed E-state index contributed by atoms with van der Waals surface area (Å²) in [5, 5.41) is 6.56. The summed E-state index contributed by atoms with van der Waals surface area (Å²) in [5.41, 5.74) is 0. The monoisotopic (exact) mass is 258 g/mol. The van der Waals surface area contributed by atoms with E-state index in [-0.39, 0.29) is 18.3 Å². The molecule has 0 aromatic rings. The van der Waals surface area contributed by atoms with E-state index in [1.165, 1.54) is 25.7 Å². The van der Waals surface area contributed by atoms with Crippen LogP contribution in [-0.4, -0.2) is 25.0 Å². The number of halogens is 1. The van der Waals surface area contributed by atoms with Gasteiger partial charge in [-0.3, -0.25) is 4.79 Å². The van der Waals surface area contributed by atoms with E-state index in [2.05, 4.69) is 17.6 Å². The molecule has 0 aromatic carbocycles. The van der Waals surface area contributed by atoms with Crippen molar-refractivity contribution in [2.24, 2.45) is 23.7 Å². The fourth-order valence-corrected chi connectivity index (χ4v) is 2.71. The number of amides is 1. The molecule has 1 heterocycles. The highest BCUT2D eigenvalue weighted by Crippen LogP contribution is 2.44. The predicted molar refractivity (Wildman–Crippen MR) is 70.2 cm³/mol. The first-order valence-electron chi connectivity index (χ1n) is 6.77. The van der Waals surface area contributed by atoms with Crippen molar-refractivity contribution in [3.63, 3.8) is 0 Å². The Morgan fingerprint density at radius 1 is 1.12 bits per heavy atom. The summed E-state index contributed by atoms with van der Waals surface area (Å²) in [7, 11) is 0. The Balaban J connectivity index is 0.00000108. The summed E-state index contributed by atoms with van der Waals surface area (Å²) in [5.74, 6) is 2.68. The maximum Gasteiger partial charge on any atom is 0.223 e. The van der Waals surface area contributed by atoms with E-state index >= 15 is 0 Å². The van der Waals surface area contributed by atoms with E-state index < -0.39 is 0 Å². The Morgan fingerprint density at radius 2 is 1.65 bits per heavy atom. The van der Waals surface area contributed by atoms with Gasteiger partial charge in [0.05, 0.1) is 0 Å². The van der Waals surface area contributed by atoms with Crippen LogP contribution in [-0.2, 0) is 4.79 Å². The molecule has 1 atom stereocenters. The Bertz CT molecular complexity index is 273. The molecule has 2 aliphatic carbocycles. The molecule has 0 radical (unpaired) electrons. The topological polar surface area (TPSA) is 41.1 Å². The van der Waals surface area contributed by atoms with E-state index in [0.717, 1.165) is 24.9 Å². The second kappa shape index (κ2) is 5.15. The van der Waals surface area contributed by atoms with Gasteiger partial charge in [0.15, 0.2) is 0 Å². The number of carbonyl (C=O) groups is 1. The second-order valence-electron chi connectivity index (χ2n) is 5.92. The molecular weight excluding hydrogens is 236 g/mol. The standard InChI is InChI=1S/C13H22N2O.ClH/c1-8(11-6-14-7-11)13(16)15-12(9-2-3-9)10-4-5-10;/h8-12,14H,2-7H2,1H3,(H,15,16);1H. The van der Waals surface area contributed by atoms with Crippen molar-refractivity contribution in [1.82, 2.24) is 10.6 Å². The minimum atomic E-state index is 0. The minimum Gasteiger partial charge on any atom is -0.353 e. The van der Waals surface area contributed by atoms with Crippen LogP contribution in [0.25, 0.3) is 0 Å². The molecule has 17 heavy (non-hydrogen) atoms. The maximum absolute atomic E-state index is 12.1. The maximum atomic E-state index is 12.1. The van der Waals surface area contributed by atoms with Gasteiger partial charge >= 0.3 is 0 Å². The van der Waals surface area contributed by atoms with Gasteiger partial charge in [-0.1, -0.05) is 6.92 Å². The van der Waals surface area contributed by atoms with Gasteiger partial charge in [0.2, 0.25) is 5.91 Å². The van der Waals surface area contributed by atoms with Crippen molar-refractivity contribution in [2.75, 3.05) is 13.1 Å². The van der Waals surface area contributed by atoms with Crippen LogP contribution in [0.5, 0.6) is 0 Å². The molecule has 0 spiro atoms. The summed E-state index contributed by atoms with van der Waals surface area (Å²) < 4.78 is 0. The molecule has 3 aliphatic rings. The molecular formula is C13H23ClN2O. The SMILES string of the molecule is CC(C(=O)NC(C1CC1)C1CC1)C1CNC1.Cl. The fourth-order valence-electron chi connectivity index (χ4n) is 2.71. The van der Waals surface area contributed by atoms with Gasteiger partial charge in [-0.25, -0.2) is 0 Å². The van der Waals surface area contributed by atoms with Crippen LogP contribution < -0.4 is 10.6 Å².